The van der Waals surface area contributed by atoms with Gasteiger partial charge in [-0.1, -0.05) is 101 Å². The van der Waals surface area contributed by atoms with Crippen LogP contribution in [0.3, 0.4) is 0 Å². The van der Waals surface area contributed by atoms with Crippen LogP contribution in [0.5, 0.6) is 0 Å². The van der Waals surface area contributed by atoms with Gasteiger partial charge in [0.25, 0.3) is 0 Å². The van der Waals surface area contributed by atoms with E-state index in [4.69, 9.17) is 19.4 Å². The molecule has 0 N–H and O–H groups in total. The minimum Gasteiger partial charge on any atom is -0.455 e. The molecule has 0 saturated heterocycles. The van der Waals surface area contributed by atoms with Gasteiger partial charge in [-0.25, -0.2) is 15.0 Å². The van der Waals surface area contributed by atoms with Crippen molar-refractivity contribution in [3.63, 3.8) is 0 Å². The summed E-state index contributed by atoms with van der Waals surface area (Å²) in [5.41, 5.74) is 22.7. The number of aromatic nitrogens is 3. The topological polar surface area (TPSA) is 51.8 Å². The van der Waals surface area contributed by atoms with Crippen molar-refractivity contribution in [1.82, 2.24) is 15.0 Å². The Hall–Kier alpha value is -5.22. The molecule has 0 unspecified atom stereocenters. The molecule has 8 rings (SSSR count). The molecule has 2 heterocycles. The van der Waals surface area contributed by atoms with Gasteiger partial charge in [0.15, 0.2) is 17.5 Å². The van der Waals surface area contributed by atoms with Crippen LogP contribution in [0.15, 0.2) is 95.4 Å². The summed E-state index contributed by atoms with van der Waals surface area (Å²) >= 11 is 0. The van der Waals surface area contributed by atoms with Crippen molar-refractivity contribution in [3.05, 3.63) is 91.0 Å². The Bertz CT molecular complexity index is 2730. The molecule has 4 nitrogen and oxygen atoms in total. The summed E-state index contributed by atoms with van der Waals surface area (Å²) in [6.45, 7) is 0. The Labute approximate surface area is 320 Å². The minimum atomic E-state index is 0.605. The van der Waals surface area contributed by atoms with Crippen LogP contribution in [-0.2, 0) is 0 Å². The first-order chi connectivity index (χ1) is 25.4. The van der Waals surface area contributed by atoms with Crippen LogP contribution < -0.4 is 54.6 Å². The third-order valence-corrected chi connectivity index (χ3v) is 12.1. The molecule has 0 spiro atoms. The molecule has 0 atom stereocenters. The van der Waals surface area contributed by atoms with Gasteiger partial charge in [-0.15, -0.1) is 32.8 Å². The summed E-state index contributed by atoms with van der Waals surface area (Å²) in [5.74, 6) is 1.87. The van der Waals surface area contributed by atoms with Crippen molar-refractivity contribution in [2.24, 2.45) is 0 Å². The molecular formula is C39H35B10N3O. The summed E-state index contributed by atoms with van der Waals surface area (Å²) in [6.07, 6.45) is 0. The number of fused-ring (bicyclic) bond motifs is 3. The smallest absolute Gasteiger partial charge is 0.164 e. The molecule has 2 aromatic heterocycles. The second-order valence-electron chi connectivity index (χ2n) is 14.7. The van der Waals surface area contributed by atoms with Crippen LogP contribution in [0.2, 0.25) is 0 Å². The van der Waals surface area contributed by atoms with Gasteiger partial charge in [0.1, 0.15) is 89.6 Å². The van der Waals surface area contributed by atoms with Crippen molar-refractivity contribution < 1.29 is 4.42 Å². The van der Waals surface area contributed by atoms with E-state index in [2.05, 4.69) is 139 Å². The summed E-state index contributed by atoms with van der Waals surface area (Å²) in [5, 5.41) is 2.17. The Kier molecular flexibility index (Phi) is 8.76. The lowest BCUT2D eigenvalue weighted by molar-refractivity contribution is 0.670. The van der Waals surface area contributed by atoms with Gasteiger partial charge in [-0.2, -0.15) is 0 Å². The number of nitrogens with zero attached hydrogens (tertiary/aromatic N) is 3. The van der Waals surface area contributed by atoms with Crippen LogP contribution in [0, 0.1) is 0 Å². The quantitative estimate of drug-likeness (QED) is 0.171. The molecule has 0 aliphatic rings. The van der Waals surface area contributed by atoms with Crippen LogP contribution in [0.25, 0.3) is 78.4 Å². The Morgan fingerprint density at radius 2 is 0.811 bits per heavy atom. The average molecular weight is 670 g/mol. The van der Waals surface area contributed by atoms with E-state index in [0.717, 1.165) is 44.2 Å². The zero-order valence-electron chi connectivity index (χ0n) is 32.4. The normalized spacial score (nSPS) is 11.4. The second kappa shape index (κ2) is 13.3. The van der Waals surface area contributed by atoms with E-state index in [0.29, 0.717) is 17.5 Å². The Balaban J connectivity index is 1.26. The maximum absolute atomic E-state index is 6.78. The third kappa shape index (κ3) is 5.74. The predicted octanol–water partition coefficient (Wildman–Crippen LogP) is -7.31. The molecule has 53 heavy (non-hydrogen) atoms. The van der Waals surface area contributed by atoms with Gasteiger partial charge in [0.05, 0.1) is 0 Å². The van der Waals surface area contributed by atoms with Gasteiger partial charge in [0.2, 0.25) is 0 Å². The number of rotatable bonds is 5. The summed E-state index contributed by atoms with van der Waals surface area (Å²) in [4.78, 5) is 15.1. The highest BCUT2D eigenvalue weighted by Gasteiger charge is 2.20. The first kappa shape index (κ1) is 34.8. The molecule has 0 bridgehead atoms. The van der Waals surface area contributed by atoms with E-state index < -0.39 is 0 Å². The SMILES string of the molecule is Bc1c(B)c(B)c(-c2ccc(-c3nc(-c4ccccc4)nc(-c4ccc5c(c4)oc4c(-c6c(B)c(B)c(B)c(B)c6B)cccc45)n3)cc2)c(B)c1B. The molecule has 0 amide bonds. The van der Waals surface area contributed by atoms with E-state index in [-0.39, 0.29) is 0 Å². The molecule has 0 saturated carbocycles. The first-order valence-corrected chi connectivity index (χ1v) is 18.5. The van der Waals surface area contributed by atoms with Gasteiger partial charge >= 0.3 is 0 Å². The highest BCUT2D eigenvalue weighted by atomic mass is 16.3. The molecule has 6 aromatic carbocycles. The molecule has 8 aromatic rings. The first-order valence-electron chi connectivity index (χ1n) is 18.5. The fourth-order valence-corrected chi connectivity index (χ4v) is 8.11. The van der Waals surface area contributed by atoms with E-state index in [1.54, 1.807) is 0 Å². The lowest BCUT2D eigenvalue weighted by atomic mass is 9.59. The molecule has 14 heteroatoms. The van der Waals surface area contributed by atoms with Crippen LogP contribution in [-0.4, -0.2) is 93.4 Å². The van der Waals surface area contributed by atoms with Gasteiger partial charge in [0, 0.05) is 33.0 Å². The zero-order chi connectivity index (χ0) is 37.3. The molecule has 0 radical (unpaired) electrons. The highest BCUT2D eigenvalue weighted by Crippen LogP contribution is 2.36. The van der Waals surface area contributed by atoms with Gasteiger partial charge < -0.3 is 4.42 Å². The van der Waals surface area contributed by atoms with E-state index in [9.17, 15) is 0 Å². The number of benzene rings is 6. The molecule has 0 aliphatic heterocycles. The maximum Gasteiger partial charge on any atom is 0.164 e. The maximum atomic E-state index is 6.78. The van der Waals surface area contributed by atoms with Crippen molar-refractivity contribution in [1.29, 1.82) is 0 Å². The van der Waals surface area contributed by atoms with Crippen molar-refractivity contribution in [2.75, 3.05) is 0 Å². The fourth-order valence-electron chi connectivity index (χ4n) is 8.11. The van der Waals surface area contributed by atoms with E-state index in [1.807, 2.05) is 30.3 Å². The highest BCUT2D eigenvalue weighted by molar-refractivity contribution is 6.70. The van der Waals surface area contributed by atoms with Gasteiger partial charge in [-0.05, 0) is 28.8 Å². The molecule has 242 valence electrons. The lowest BCUT2D eigenvalue weighted by Crippen LogP contribution is -2.55. The van der Waals surface area contributed by atoms with E-state index >= 15 is 0 Å². The van der Waals surface area contributed by atoms with Crippen molar-refractivity contribution in [2.45, 2.75) is 0 Å². The number of hydrogen-bond acceptors (Lipinski definition) is 4. The fraction of sp³-hybridized carbons (Fsp3) is 0. The van der Waals surface area contributed by atoms with Crippen LogP contribution in [0.1, 0.15) is 0 Å². The molecule has 0 aliphatic carbocycles. The number of furan rings is 1. The monoisotopic (exact) mass is 671 g/mol. The Morgan fingerprint density at radius 1 is 0.358 bits per heavy atom. The standard InChI is InChI=1S/C39H35B10N3O/c40-26-24(27(41)31(45)34(48)30(26)44)16-9-11-18(12-10-16)38-50-37(17-5-2-1-3-6-17)51-39(52-38)19-13-14-20-21-7-4-8-22(36(21)53-23(20)15-19)25-28(42)32(46)35(49)33(47)29(25)43/h1-15H,40-49H2. The van der Waals surface area contributed by atoms with Crippen molar-refractivity contribution >= 4 is 155 Å². The largest absolute Gasteiger partial charge is 0.455 e. The molecular weight excluding hydrogens is 635 g/mol. The average Bonchev–Trinajstić information content (AvgIpc) is 3.57. The van der Waals surface area contributed by atoms with E-state index in [1.165, 1.54) is 71.3 Å². The summed E-state index contributed by atoms with van der Waals surface area (Å²) in [6, 6.07) is 31.6. The lowest BCUT2D eigenvalue weighted by Gasteiger charge is -2.20. The Morgan fingerprint density at radius 3 is 1.38 bits per heavy atom. The third-order valence-electron chi connectivity index (χ3n) is 12.1. The van der Waals surface area contributed by atoms with Crippen LogP contribution >= 0.6 is 0 Å². The van der Waals surface area contributed by atoms with Gasteiger partial charge in [-0.3, -0.25) is 0 Å². The zero-order valence-corrected chi connectivity index (χ0v) is 32.4. The second-order valence-corrected chi connectivity index (χ2v) is 14.7. The minimum absolute atomic E-state index is 0.605. The molecule has 0 fully saturated rings. The van der Waals surface area contributed by atoms with Crippen LogP contribution in [0.4, 0.5) is 0 Å². The predicted molar refractivity (Wildman–Crippen MR) is 256 cm³/mol. The number of para-hydroxylation sites is 1. The summed E-state index contributed by atoms with van der Waals surface area (Å²) < 4.78 is 6.78. The summed E-state index contributed by atoms with van der Waals surface area (Å²) in [7, 11) is 22.3. The van der Waals surface area contributed by atoms with Crippen molar-refractivity contribution in [3.8, 4) is 56.4 Å². The number of hydrogen-bond donors (Lipinski definition) is 0.